The summed E-state index contributed by atoms with van der Waals surface area (Å²) in [5.41, 5.74) is 0.991. The lowest BCUT2D eigenvalue weighted by Gasteiger charge is -2.40. The molecule has 2 heterocycles. The van der Waals surface area contributed by atoms with Crippen molar-refractivity contribution in [3.8, 4) is 0 Å². The van der Waals surface area contributed by atoms with Crippen LogP contribution in [0.15, 0.2) is 54.6 Å². The van der Waals surface area contributed by atoms with Crippen molar-refractivity contribution < 1.29 is 23.5 Å². The molecule has 214 valence electrons. The number of aliphatic hydroxyl groups excluding tert-OH is 1. The lowest BCUT2D eigenvalue weighted by Crippen LogP contribution is -2.44. The Bertz CT molecular complexity index is 1340. The quantitative estimate of drug-likeness (QED) is 0.409. The van der Waals surface area contributed by atoms with Gasteiger partial charge in [0.05, 0.1) is 11.2 Å². The van der Waals surface area contributed by atoms with Gasteiger partial charge in [-0.25, -0.2) is 13.5 Å². The summed E-state index contributed by atoms with van der Waals surface area (Å²) in [4.78, 5) is 28.1. The SMILES string of the molecule is CC(NC(=O)[C@@H](O)c1cc(F)cc(F)c1)C(=O)Nc1cc(C2(c3ccccc3)CCN(C)CC2)nn1C(C)(C)C. The molecule has 1 unspecified atom stereocenters. The van der Waals surface area contributed by atoms with Crippen molar-refractivity contribution in [2.24, 2.45) is 0 Å². The molecule has 1 aliphatic rings. The van der Waals surface area contributed by atoms with Crippen LogP contribution in [0.5, 0.6) is 0 Å². The lowest BCUT2D eigenvalue weighted by molar-refractivity contribution is -0.132. The first kappa shape index (κ1) is 29.4. The normalized spacial score (nSPS) is 17.2. The van der Waals surface area contributed by atoms with Crippen LogP contribution in [0.1, 0.15) is 63.5 Å². The van der Waals surface area contributed by atoms with E-state index in [4.69, 9.17) is 5.10 Å². The molecule has 0 radical (unpaired) electrons. The van der Waals surface area contributed by atoms with Gasteiger partial charge in [0.15, 0.2) is 6.10 Å². The summed E-state index contributed by atoms with van der Waals surface area (Å²) < 4.78 is 28.9. The predicted octanol–water partition coefficient (Wildman–Crippen LogP) is 4.10. The summed E-state index contributed by atoms with van der Waals surface area (Å²) in [6.45, 7) is 9.24. The molecular formula is C30H37F2N5O3. The van der Waals surface area contributed by atoms with Crippen molar-refractivity contribution >= 4 is 17.6 Å². The monoisotopic (exact) mass is 553 g/mol. The number of piperidine rings is 1. The average molecular weight is 554 g/mol. The number of nitrogens with one attached hydrogen (secondary N) is 2. The number of nitrogens with zero attached hydrogens (tertiary/aromatic N) is 3. The molecule has 1 fully saturated rings. The predicted molar refractivity (Wildman–Crippen MR) is 149 cm³/mol. The molecule has 0 bridgehead atoms. The largest absolute Gasteiger partial charge is 0.378 e. The zero-order valence-electron chi connectivity index (χ0n) is 23.5. The maximum atomic E-state index is 13.6. The van der Waals surface area contributed by atoms with E-state index in [-0.39, 0.29) is 11.0 Å². The third kappa shape index (κ3) is 6.23. The number of carbonyl (C=O) groups is 2. The van der Waals surface area contributed by atoms with E-state index in [9.17, 15) is 23.5 Å². The molecule has 2 aromatic carbocycles. The Labute approximate surface area is 233 Å². The van der Waals surface area contributed by atoms with Crippen molar-refractivity contribution in [2.75, 3.05) is 25.5 Å². The fraction of sp³-hybridized carbons (Fsp3) is 0.433. The number of benzene rings is 2. The number of rotatable bonds is 7. The second-order valence-electron chi connectivity index (χ2n) is 11.6. The van der Waals surface area contributed by atoms with Gasteiger partial charge in [-0.2, -0.15) is 5.10 Å². The van der Waals surface area contributed by atoms with Crippen LogP contribution in [-0.4, -0.2) is 57.8 Å². The summed E-state index contributed by atoms with van der Waals surface area (Å²) in [5.74, 6) is -2.84. The molecule has 4 rings (SSSR count). The van der Waals surface area contributed by atoms with Crippen LogP contribution in [0.2, 0.25) is 0 Å². The van der Waals surface area contributed by atoms with Crippen LogP contribution in [0, 0.1) is 11.6 Å². The smallest absolute Gasteiger partial charge is 0.254 e. The van der Waals surface area contributed by atoms with Gasteiger partial charge in [-0.05, 0) is 83.9 Å². The second-order valence-corrected chi connectivity index (χ2v) is 11.6. The maximum absolute atomic E-state index is 13.6. The first-order valence-corrected chi connectivity index (χ1v) is 13.4. The highest BCUT2D eigenvalue weighted by molar-refractivity contribution is 5.97. The molecule has 2 atom stereocenters. The number of halogens is 2. The first-order chi connectivity index (χ1) is 18.8. The molecular weight excluding hydrogens is 516 g/mol. The van der Waals surface area contributed by atoms with Gasteiger partial charge in [-0.3, -0.25) is 9.59 Å². The Morgan fingerprint density at radius 2 is 1.60 bits per heavy atom. The number of likely N-dealkylation sites (tertiary alicyclic amines) is 1. The summed E-state index contributed by atoms with van der Waals surface area (Å²) in [6.07, 6.45) is -0.109. The Kier molecular flexibility index (Phi) is 8.41. The molecule has 0 spiro atoms. The van der Waals surface area contributed by atoms with Gasteiger partial charge in [0, 0.05) is 17.5 Å². The third-order valence-electron chi connectivity index (χ3n) is 7.45. The third-order valence-corrected chi connectivity index (χ3v) is 7.45. The Morgan fingerprint density at radius 1 is 1.00 bits per heavy atom. The van der Waals surface area contributed by atoms with Gasteiger partial charge >= 0.3 is 0 Å². The minimum atomic E-state index is -1.85. The number of carbonyl (C=O) groups excluding carboxylic acids is 2. The molecule has 3 N–H and O–H groups in total. The van der Waals surface area contributed by atoms with E-state index in [1.807, 2.05) is 45.0 Å². The molecule has 40 heavy (non-hydrogen) atoms. The second kappa shape index (κ2) is 11.5. The zero-order valence-corrected chi connectivity index (χ0v) is 23.5. The van der Waals surface area contributed by atoms with Gasteiger partial charge in [0.25, 0.3) is 5.91 Å². The number of anilines is 1. The van der Waals surface area contributed by atoms with Crippen LogP contribution in [0.25, 0.3) is 0 Å². The van der Waals surface area contributed by atoms with Crippen molar-refractivity contribution in [3.05, 3.63) is 83.1 Å². The van der Waals surface area contributed by atoms with E-state index >= 15 is 0 Å². The molecule has 2 amide bonds. The zero-order chi connectivity index (χ0) is 29.2. The molecule has 0 saturated carbocycles. The van der Waals surface area contributed by atoms with E-state index in [0.717, 1.165) is 43.8 Å². The number of aromatic nitrogens is 2. The van der Waals surface area contributed by atoms with E-state index in [0.29, 0.717) is 11.9 Å². The van der Waals surface area contributed by atoms with Gasteiger partial charge in [0.1, 0.15) is 23.5 Å². The van der Waals surface area contributed by atoms with Gasteiger partial charge in [-0.15, -0.1) is 0 Å². The molecule has 3 aromatic rings. The number of hydrogen-bond acceptors (Lipinski definition) is 5. The maximum Gasteiger partial charge on any atom is 0.254 e. The lowest BCUT2D eigenvalue weighted by atomic mass is 9.70. The van der Waals surface area contributed by atoms with Crippen LogP contribution in [0.3, 0.4) is 0 Å². The minimum absolute atomic E-state index is 0.248. The highest BCUT2D eigenvalue weighted by Crippen LogP contribution is 2.42. The van der Waals surface area contributed by atoms with E-state index < -0.39 is 41.1 Å². The number of hydrogen-bond donors (Lipinski definition) is 3. The van der Waals surface area contributed by atoms with Crippen molar-refractivity contribution in [1.29, 1.82) is 0 Å². The van der Waals surface area contributed by atoms with Crippen molar-refractivity contribution in [1.82, 2.24) is 20.0 Å². The van der Waals surface area contributed by atoms with E-state index in [1.165, 1.54) is 12.5 Å². The topological polar surface area (TPSA) is 99.5 Å². The molecule has 8 nitrogen and oxygen atoms in total. The summed E-state index contributed by atoms with van der Waals surface area (Å²) >= 11 is 0. The van der Waals surface area contributed by atoms with Crippen molar-refractivity contribution in [3.63, 3.8) is 0 Å². The summed E-state index contributed by atoms with van der Waals surface area (Å²) in [6, 6.07) is 13.5. The summed E-state index contributed by atoms with van der Waals surface area (Å²) in [5, 5.41) is 20.7. The number of amides is 2. The highest BCUT2D eigenvalue weighted by atomic mass is 19.1. The summed E-state index contributed by atoms with van der Waals surface area (Å²) in [7, 11) is 2.10. The first-order valence-electron chi connectivity index (χ1n) is 13.4. The van der Waals surface area contributed by atoms with Gasteiger partial charge in [-0.1, -0.05) is 30.3 Å². The standard InChI is InChI=1S/C30H37F2N5O3/c1-19(33-28(40)26(38)20-15-22(31)17-23(32)16-20)27(39)34-25-18-24(35-37(25)29(2,3)4)30(11-13-36(5)14-12-30)21-9-7-6-8-10-21/h6-10,15-19,26,38H,11-14H2,1-5H3,(H,33,40)(H,34,39)/t19?,26-/m0/s1. The molecule has 1 aromatic heterocycles. The molecule has 10 heteroatoms. The molecule has 0 aliphatic carbocycles. The van der Waals surface area contributed by atoms with E-state index in [1.54, 1.807) is 4.68 Å². The fourth-order valence-corrected chi connectivity index (χ4v) is 5.14. The minimum Gasteiger partial charge on any atom is -0.378 e. The van der Waals surface area contributed by atoms with Crippen LogP contribution < -0.4 is 10.6 Å². The van der Waals surface area contributed by atoms with Crippen LogP contribution >= 0.6 is 0 Å². The van der Waals surface area contributed by atoms with Crippen molar-refractivity contribution in [2.45, 2.75) is 63.6 Å². The van der Waals surface area contributed by atoms with E-state index in [2.05, 4.69) is 34.7 Å². The fourth-order valence-electron chi connectivity index (χ4n) is 5.14. The molecule has 1 aliphatic heterocycles. The Balaban J connectivity index is 1.58. The van der Waals surface area contributed by atoms with Crippen LogP contribution in [0.4, 0.5) is 14.6 Å². The highest BCUT2D eigenvalue weighted by Gasteiger charge is 2.40. The number of aliphatic hydroxyl groups is 1. The Hall–Kier alpha value is -3.63. The van der Waals surface area contributed by atoms with Gasteiger partial charge in [0.2, 0.25) is 5.91 Å². The Morgan fingerprint density at radius 3 is 2.17 bits per heavy atom. The average Bonchev–Trinajstić information content (AvgIpc) is 3.33. The molecule has 1 saturated heterocycles. The van der Waals surface area contributed by atoms with Crippen LogP contribution in [-0.2, 0) is 20.5 Å². The van der Waals surface area contributed by atoms with Gasteiger partial charge < -0.3 is 20.6 Å².